The van der Waals surface area contributed by atoms with E-state index in [1.165, 1.54) is 43.2 Å². The van der Waals surface area contributed by atoms with Crippen LogP contribution in [0, 0.1) is 0 Å². The Morgan fingerprint density at radius 2 is 1.30 bits per heavy atom. The van der Waals surface area contributed by atoms with Gasteiger partial charge in [0.25, 0.3) is 0 Å². The maximum Gasteiger partial charge on any atom is 0.0393 e. The summed E-state index contributed by atoms with van der Waals surface area (Å²) in [6, 6.07) is 21.6. The Morgan fingerprint density at radius 1 is 0.750 bits per heavy atom. The third-order valence-electron chi connectivity index (χ3n) is 4.85. The fourth-order valence-corrected chi connectivity index (χ4v) is 3.71. The number of hydrogen-bond donors (Lipinski definition) is 1. The van der Waals surface area contributed by atoms with Crippen LogP contribution in [0.2, 0.25) is 0 Å². The molecule has 1 fully saturated rings. The van der Waals surface area contributed by atoms with Gasteiger partial charge >= 0.3 is 0 Å². The maximum absolute atomic E-state index is 6.74. The Morgan fingerprint density at radius 3 is 1.90 bits per heavy atom. The van der Waals surface area contributed by atoms with Crippen molar-refractivity contribution >= 4 is 0 Å². The summed E-state index contributed by atoms with van der Waals surface area (Å²) in [6.45, 7) is 0. The van der Waals surface area contributed by atoms with E-state index in [1.54, 1.807) is 0 Å². The normalized spacial score (nSPS) is 19.4. The summed E-state index contributed by atoms with van der Waals surface area (Å²) in [6.07, 6.45) is 6.32. The van der Waals surface area contributed by atoms with Crippen LogP contribution in [0.4, 0.5) is 0 Å². The summed E-state index contributed by atoms with van der Waals surface area (Å²) in [7, 11) is 0. The molecular weight excluding hydrogens is 242 g/mol. The molecule has 0 amide bonds. The topological polar surface area (TPSA) is 26.0 Å². The first kappa shape index (κ1) is 13.4. The van der Waals surface area contributed by atoms with Crippen LogP contribution in [-0.4, -0.2) is 0 Å². The highest BCUT2D eigenvalue weighted by atomic mass is 14.7. The van der Waals surface area contributed by atoms with Crippen molar-refractivity contribution in [3.8, 4) is 0 Å². The minimum Gasteiger partial charge on any atom is -0.323 e. The summed E-state index contributed by atoms with van der Waals surface area (Å²) >= 11 is 0. The average molecular weight is 265 g/mol. The predicted octanol–water partition coefficient (Wildman–Crippen LogP) is 4.59. The highest BCUT2D eigenvalue weighted by Crippen LogP contribution is 2.46. The van der Waals surface area contributed by atoms with E-state index < -0.39 is 0 Å². The first-order valence-electron chi connectivity index (χ1n) is 7.69. The van der Waals surface area contributed by atoms with Crippen LogP contribution in [0.25, 0.3) is 0 Å². The van der Waals surface area contributed by atoms with E-state index in [2.05, 4.69) is 60.7 Å². The molecule has 0 aliphatic heterocycles. The summed E-state index contributed by atoms with van der Waals surface area (Å²) in [5, 5.41) is 0. The van der Waals surface area contributed by atoms with Crippen LogP contribution in [0.1, 0.15) is 49.3 Å². The minimum absolute atomic E-state index is 0.0893. The van der Waals surface area contributed by atoms with Crippen molar-refractivity contribution in [2.75, 3.05) is 0 Å². The van der Waals surface area contributed by atoms with Gasteiger partial charge in [0.05, 0.1) is 0 Å². The standard InChI is InChI=1S/C19H23N/c20-18(16-10-4-1-5-11-16)19(14-8-3-9-15-19)17-12-6-2-7-13-17/h1-2,4-7,10-13,18H,3,8-9,14-15,20H2. The van der Waals surface area contributed by atoms with E-state index in [0.29, 0.717) is 0 Å². The number of rotatable bonds is 3. The van der Waals surface area contributed by atoms with E-state index in [4.69, 9.17) is 5.73 Å². The highest BCUT2D eigenvalue weighted by Gasteiger charge is 2.39. The van der Waals surface area contributed by atoms with Crippen LogP contribution < -0.4 is 5.73 Å². The molecule has 0 heterocycles. The van der Waals surface area contributed by atoms with Gasteiger partial charge in [-0.1, -0.05) is 79.9 Å². The van der Waals surface area contributed by atoms with Gasteiger partial charge in [-0.05, 0) is 24.0 Å². The van der Waals surface area contributed by atoms with Gasteiger partial charge in [0.2, 0.25) is 0 Å². The molecule has 2 N–H and O–H groups in total. The van der Waals surface area contributed by atoms with Crippen molar-refractivity contribution in [3.05, 3.63) is 71.8 Å². The van der Waals surface area contributed by atoms with Crippen molar-refractivity contribution in [1.82, 2.24) is 0 Å². The molecule has 20 heavy (non-hydrogen) atoms. The zero-order valence-corrected chi connectivity index (χ0v) is 12.0. The second kappa shape index (κ2) is 5.80. The first-order chi connectivity index (χ1) is 9.83. The van der Waals surface area contributed by atoms with Gasteiger partial charge in [0.1, 0.15) is 0 Å². The summed E-state index contributed by atoms with van der Waals surface area (Å²) in [4.78, 5) is 0. The molecule has 0 bridgehead atoms. The third-order valence-corrected chi connectivity index (χ3v) is 4.85. The Hall–Kier alpha value is -1.60. The van der Waals surface area contributed by atoms with Gasteiger partial charge in [0.15, 0.2) is 0 Å². The monoisotopic (exact) mass is 265 g/mol. The minimum atomic E-state index is 0.0893. The molecule has 1 unspecified atom stereocenters. The highest BCUT2D eigenvalue weighted by molar-refractivity contribution is 5.33. The number of hydrogen-bond acceptors (Lipinski definition) is 1. The summed E-state index contributed by atoms with van der Waals surface area (Å²) < 4.78 is 0. The molecule has 104 valence electrons. The van der Waals surface area contributed by atoms with Gasteiger partial charge in [0, 0.05) is 11.5 Å². The van der Waals surface area contributed by atoms with E-state index in [-0.39, 0.29) is 11.5 Å². The largest absolute Gasteiger partial charge is 0.323 e. The fraction of sp³-hybridized carbons (Fsp3) is 0.368. The van der Waals surface area contributed by atoms with Crippen LogP contribution >= 0.6 is 0 Å². The molecule has 1 aliphatic rings. The van der Waals surface area contributed by atoms with E-state index in [9.17, 15) is 0 Å². The van der Waals surface area contributed by atoms with Crippen molar-refractivity contribution in [1.29, 1.82) is 0 Å². The van der Waals surface area contributed by atoms with Gasteiger partial charge in [-0.2, -0.15) is 0 Å². The van der Waals surface area contributed by atoms with Crippen molar-refractivity contribution < 1.29 is 0 Å². The molecule has 1 atom stereocenters. The van der Waals surface area contributed by atoms with Gasteiger partial charge in [-0.25, -0.2) is 0 Å². The maximum atomic E-state index is 6.74. The molecule has 0 saturated heterocycles. The Labute approximate surface area is 121 Å². The summed E-state index contributed by atoms with van der Waals surface area (Å²) in [5.41, 5.74) is 9.52. The van der Waals surface area contributed by atoms with E-state index >= 15 is 0 Å². The molecule has 1 nitrogen and oxygen atoms in total. The number of nitrogens with two attached hydrogens (primary N) is 1. The van der Waals surface area contributed by atoms with Crippen LogP contribution in [-0.2, 0) is 5.41 Å². The van der Waals surface area contributed by atoms with Crippen molar-refractivity contribution in [2.45, 2.75) is 43.6 Å². The van der Waals surface area contributed by atoms with Crippen molar-refractivity contribution in [2.24, 2.45) is 5.73 Å². The molecule has 3 rings (SSSR count). The van der Waals surface area contributed by atoms with Crippen LogP contribution in [0.5, 0.6) is 0 Å². The summed E-state index contributed by atoms with van der Waals surface area (Å²) in [5.74, 6) is 0. The lowest BCUT2D eigenvalue weighted by molar-refractivity contribution is 0.244. The Bertz CT molecular complexity index is 526. The van der Waals surface area contributed by atoms with Gasteiger partial charge < -0.3 is 5.73 Å². The zero-order chi connectivity index (χ0) is 13.8. The molecule has 0 spiro atoms. The van der Waals surface area contributed by atoms with Crippen LogP contribution in [0.15, 0.2) is 60.7 Å². The van der Waals surface area contributed by atoms with E-state index in [0.717, 1.165) is 0 Å². The molecular formula is C19H23N. The molecule has 0 radical (unpaired) electrons. The second-order valence-electron chi connectivity index (χ2n) is 5.97. The first-order valence-corrected chi connectivity index (χ1v) is 7.69. The molecule has 2 aromatic rings. The fourth-order valence-electron chi connectivity index (χ4n) is 3.71. The second-order valence-corrected chi connectivity index (χ2v) is 5.97. The lowest BCUT2D eigenvalue weighted by Crippen LogP contribution is -2.40. The lowest BCUT2D eigenvalue weighted by atomic mass is 9.63. The molecule has 2 aromatic carbocycles. The lowest BCUT2D eigenvalue weighted by Gasteiger charge is -2.43. The zero-order valence-electron chi connectivity index (χ0n) is 12.0. The SMILES string of the molecule is NC(c1ccccc1)C1(c2ccccc2)CCCCC1. The predicted molar refractivity (Wildman–Crippen MR) is 84.6 cm³/mol. The van der Waals surface area contributed by atoms with E-state index in [1.807, 2.05) is 0 Å². The smallest absolute Gasteiger partial charge is 0.0393 e. The Balaban J connectivity index is 2.02. The molecule has 1 saturated carbocycles. The van der Waals surface area contributed by atoms with Gasteiger partial charge in [-0.3, -0.25) is 0 Å². The average Bonchev–Trinajstić information content (AvgIpc) is 2.56. The molecule has 0 aromatic heterocycles. The quantitative estimate of drug-likeness (QED) is 0.863. The molecule has 1 aliphatic carbocycles. The third kappa shape index (κ3) is 2.38. The number of benzene rings is 2. The van der Waals surface area contributed by atoms with Gasteiger partial charge in [-0.15, -0.1) is 0 Å². The van der Waals surface area contributed by atoms with Crippen molar-refractivity contribution in [3.63, 3.8) is 0 Å². The Kier molecular flexibility index (Phi) is 3.88. The van der Waals surface area contributed by atoms with Crippen LogP contribution in [0.3, 0.4) is 0 Å². The molecule has 1 heteroatoms.